The predicted molar refractivity (Wildman–Crippen MR) is 87.1 cm³/mol. The number of piperidine rings is 1. The van der Waals surface area contributed by atoms with Gasteiger partial charge in [-0.2, -0.15) is 0 Å². The molecule has 4 nitrogen and oxygen atoms in total. The van der Waals surface area contributed by atoms with Gasteiger partial charge in [-0.3, -0.25) is 4.79 Å². The highest BCUT2D eigenvalue weighted by atomic mass is 35.5. The van der Waals surface area contributed by atoms with E-state index in [0.717, 1.165) is 31.7 Å². The Morgan fingerprint density at radius 3 is 2.76 bits per heavy atom. The molecule has 2 N–H and O–H groups in total. The maximum absolute atomic E-state index is 12.0. The number of nitrogens with one attached hydrogen (secondary N) is 2. The van der Waals surface area contributed by atoms with E-state index < -0.39 is 0 Å². The van der Waals surface area contributed by atoms with Gasteiger partial charge in [0.15, 0.2) is 0 Å². The SMILES string of the molecule is Cc1ccc(OC(C)CNC(=O)C2CCCNC2)cc1.Cl. The normalized spacial score (nSPS) is 19.2. The van der Waals surface area contributed by atoms with Gasteiger partial charge < -0.3 is 15.4 Å². The number of benzene rings is 1. The summed E-state index contributed by atoms with van der Waals surface area (Å²) in [5, 5.41) is 6.24. The largest absolute Gasteiger partial charge is 0.489 e. The third kappa shape index (κ3) is 5.94. The minimum Gasteiger partial charge on any atom is -0.489 e. The second-order valence-corrected chi connectivity index (χ2v) is 5.53. The van der Waals surface area contributed by atoms with Gasteiger partial charge in [-0.1, -0.05) is 17.7 Å². The average molecular weight is 313 g/mol. The summed E-state index contributed by atoms with van der Waals surface area (Å²) in [6, 6.07) is 7.96. The number of hydrogen-bond acceptors (Lipinski definition) is 3. The molecule has 1 aliphatic rings. The molecule has 1 aliphatic heterocycles. The van der Waals surface area contributed by atoms with Crippen molar-refractivity contribution >= 4 is 18.3 Å². The van der Waals surface area contributed by atoms with Crippen LogP contribution in [0.15, 0.2) is 24.3 Å². The minimum absolute atomic E-state index is 0. The summed E-state index contributed by atoms with van der Waals surface area (Å²) in [5.74, 6) is 1.09. The molecule has 1 saturated heterocycles. The molecule has 0 spiro atoms. The van der Waals surface area contributed by atoms with Crippen molar-refractivity contribution < 1.29 is 9.53 Å². The lowest BCUT2D eigenvalue weighted by Gasteiger charge is -2.23. The number of carbonyl (C=O) groups excluding carboxylic acids is 1. The molecule has 1 amide bonds. The number of hydrogen-bond donors (Lipinski definition) is 2. The van der Waals surface area contributed by atoms with Gasteiger partial charge in [0.25, 0.3) is 0 Å². The van der Waals surface area contributed by atoms with E-state index in [0.29, 0.717) is 6.54 Å². The quantitative estimate of drug-likeness (QED) is 0.877. The number of carbonyl (C=O) groups is 1. The predicted octanol–water partition coefficient (Wildman–Crippen LogP) is 2.30. The molecule has 21 heavy (non-hydrogen) atoms. The molecule has 1 fully saturated rings. The first-order chi connectivity index (χ1) is 9.65. The van der Waals surface area contributed by atoms with E-state index >= 15 is 0 Å². The topological polar surface area (TPSA) is 50.4 Å². The Morgan fingerprint density at radius 1 is 1.43 bits per heavy atom. The molecule has 0 radical (unpaired) electrons. The van der Waals surface area contributed by atoms with Gasteiger partial charge in [0.2, 0.25) is 5.91 Å². The lowest BCUT2D eigenvalue weighted by Crippen LogP contribution is -2.43. The van der Waals surface area contributed by atoms with Crippen LogP contribution in [0.25, 0.3) is 0 Å². The van der Waals surface area contributed by atoms with Gasteiger partial charge in [-0.15, -0.1) is 12.4 Å². The highest BCUT2D eigenvalue weighted by Crippen LogP contribution is 2.13. The van der Waals surface area contributed by atoms with Gasteiger partial charge in [-0.25, -0.2) is 0 Å². The van der Waals surface area contributed by atoms with Gasteiger partial charge in [-0.05, 0) is 45.4 Å². The van der Waals surface area contributed by atoms with Crippen molar-refractivity contribution in [2.75, 3.05) is 19.6 Å². The summed E-state index contributed by atoms with van der Waals surface area (Å²) >= 11 is 0. The Morgan fingerprint density at radius 2 is 2.14 bits per heavy atom. The van der Waals surface area contributed by atoms with Crippen LogP contribution in [0.2, 0.25) is 0 Å². The van der Waals surface area contributed by atoms with E-state index in [-0.39, 0.29) is 30.3 Å². The number of ether oxygens (including phenoxy) is 1. The van der Waals surface area contributed by atoms with Crippen LogP contribution in [0, 0.1) is 12.8 Å². The van der Waals surface area contributed by atoms with Gasteiger partial charge in [0, 0.05) is 6.54 Å². The smallest absolute Gasteiger partial charge is 0.224 e. The first kappa shape index (κ1) is 17.8. The van der Waals surface area contributed by atoms with Gasteiger partial charge >= 0.3 is 0 Å². The fraction of sp³-hybridized carbons (Fsp3) is 0.562. The van der Waals surface area contributed by atoms with Crippen molar-refractivity contribution in [1.29, 1.82) is 0 Å². The second kappa shape index (κ2) is 8.90. The molecule has 2 atom stereocenters. The van der Waals surface area contributed by atoms with Crippen molar-refractivity contribution in [2.45, 2.75) is 32.8 Å². The number of rotatable bonds is 5. The Labute approximate surface area is 133 Å². The first-order valence-electron chi connectivity index (χ1n) is 7.37. The average Bonchev–Trinajstić information content (AvgIpc) is 2.48. The van der Waals surface area contributed by atoms with E-state index in [4.69, 9.17) is 4.74 Å². The zero-order valence-electron chi connectivity index (χ0n) is 12.7. The van der Waals surface area contributed by atoms with Gasteiger partial charge in [0.05, 0.1) is 12.5 Å². The number of halogens is 1. The molecule has 0 saturated carbocycles. The van der Waals surface area contributed by atoms with E-state index in [9.17, 15) is 4.79 Å². The minimum atomic E-state index is -0.0294. The first-order valence-corrected chi connectivity index (χ1v) is 7.37. The fourth-order valence-corrected chi connectivity index (χ4v) is 2.36. The molecule has 2 rings (SSSR count). The van der Waals surface area contributed by atoms with Crippen molar-refractivity contribution in [3.05, 3.63) is 29.8 Å². The van der Waals surface area contributed by atoms with Crippen LogP contribution < -0.4 is 15.4 Å². The zero-order valence-corrected chi connectivity index (χ0v) is 13.5. The summed E-state index contributed by atoms with van der Waals surface area (Å²) in [5.41, 5.74) is 1.21. The highest BCUT2D eigenvalue weighted by Gasteiger charge is 2.20. The van der Waals surface area contributed by atoms with Crippen molar-refractivity contribution in [3.8, 4) is 5.75 Å². The molecule has 0 aromatic heterocycles. The fourth-order valence-electron chi connectivity index (χ4n) is 2.36. The van der Waals surface area contributed by atoms with Crippen LogP contribution in [0.3, 0.4) is 0 Å². The number of amides is 1. The van der Waals surface area contributed by atoms with Crippen LogP contribution in [0.4, 0.5) is 0 Å². The molecule has 1 aromatic carbocycles. The molecule has 0 bridgehead atoms. The Kier molecular flexibility index (Phi) is 7.54. The van der Waals surface area contributed by atoms with E-state index in [1.807, 2.05) is 38.1 Å². The third-order valence-electron chi connectivity index (χ3n) is 3.59. The van der Waals surface area contributed by atoms with E-state index in [1.165, 1.54) is 5.56 Å². The molecule has 5 heteroatoms. The van der Waals surface area contributed by atoms with Crippen molar-refractivity contribution in [2.24, 2.45) is 5.92 Å². The second-order valence-electron chi connectivity index (χ2n) is 5.53. The standard InChI is InChI=1S/C16H24N2O2.ClH/c1-12-5-7-15(8-6-12)20-13(2)10-18-16(19)14-4-3-9-17-11-14;/h5-8,13-14,17H,3-4,9-11H2,1-2H3,(H,18,19);1H. The molecule has 1 heterocycles. The Bertz CT molecular complexity index is 430. The van der Waals surface area contributed by atoms with Crippen molar-refractivity contribution in [1.82, 2.24) is 10.6 Å². The monoisotopic (exact) mass is 312 g/mol. The molecule has 118 valence electrons. The Hall–Kier alpha value is -1.26. The summed E-state index contributed by atoms with van der Waals surface area (Å²) in [4.78, 5) is 12.0. The lowest BCUT2D eigenvalue weighted by molar-refractivity contribution is -0.125. The summed E-state index contributed by atoms with van der Waals surface area (Å²) in [6.07, 6.45) is 2.03. The maximum Gasteiger partial charge on any atom is 0.224 e. The molecule has 1 aromatic rings. The molecule has 0 aliphatic carbocycles. The van der Waals surface area contributed by atoms with Crippen LogP contribution in [0.1, 0.15) is 25.3 Å². The van der Waals surface area contributed by atoms with Crippen LogP contribution in [-0.4, -0.2) is 31.6 Å². The van der Waals surface area contributed by atoms with Crippen LogP contribution in [0.5, 0.6) is 5.75 Å². The summed E-state index contributed by atoms with van der Waals surface area (Å²) in [7, 11) is 0. The lowest BCUT2D eigenvalue weighted by atomic mass is 9.99. The Balaban J connectivity index is 0.00000220. The third-order valence-corrected chi connectivity index (χ3v) is 3.59. The zero-order chi connectivity index (χ0) is 14.4. The van der Waals surface area contributed by atoms with Crippen molar-refractivity contribution in [3.63, 3.8) is 0 Å². The molecular formula is C16H25ClN2O2. The summed E-state index contributed by atoms with van der Waals surface area (Å²) in [6.45, 7) is 6.38. The van der Waals surface area contributed by atoms with Gasteiger partial charge in [0.1, 0.15) is 11.9 Å². The number of aryl methyl sites for hydroxylation is 1. The van der Waals surface area contributed by atoms with Crippen LogP contribution in [-0.2, 0) is 4.79 Å². The summed E-state index contributed by atoms with van der Waals surface area (Å²) < 4.78 is 5.78. The molecular weight excluding hydrogens is 288 g/mol. The van der Waals surface area contributed by atoms with E-state index in [2.05, 4.69) is 10.6 Å². The highest BCUT2D eigenvalue weighted by molar-refractivity contribution is 5.85. The molecule has 2 unspecified atom stereocenters. The van der Waals surface area contributed by atoms with E-state index in [1.54, 1.807) is 0 Å². The van der Waals surface area contributed by atoms with Crippen LogP contribution >= 0.6 is 12.4 Å². The maximum atomic E-state index is 12.0.